The number of anilines is 1. The Kier molecular flexibility index (Phi) is 2.84. The molecule has 0 radical (unpaired) electrons. The molecule has 0 fully saturated rings. The van der Waals surface area contributed by atoms with Gasteiger partial charge in [-0.1, -0.05) is 6.07 Å². The summed E-state index contributed by atoms with van der Waals surface area (Å²) in [6, 6.07) is 4.34. The van der Waals surface area contributed by atoms with Gasteiger partial charge in [-0.3, -0.25) is 4.79 Å². The second-order valence-electron chi connectivity index (χ2n) is 2.78. The first-order valence-corrected chi connectivity index (χ1v) is 3.88. The fraction of sp³-hybridized carbons (Fsp3) is 0.222. The highest BCUT2D eigenvalue weighted by atomic mass is 19.1. The fourth-order valence-corrected chi connectivity index (χ4v) is 0.967. The van der Waals surface area contributed by atoms with E-state index in [2.05, 4.69) is 5.32 Å². The van der Waals surface area contributed by atoms with E-state index >= 15 is 0 Å². The number of benzene rings is 1. The molecule has 0 saturated heterocycles. The number of primary amides is 1. The molecule has 0 unspecified atom stereocenters. The van der Waals surface area contributed by atoms with Crippen LogP contribution in [0.25, 0.3) is 0 Å². The summed E-state index contributed by atoms with van der Waals surface area (Å²) in [6.45, 7) is 1.84. The Balaban J connectivity index is 2.75. The van der Waals surface area contributed by atoms with Gasteiger partial charge in [0, 0.05) is 5.69 Å². The van der Waals surface area contributed by atoms with Crippen molar-refractivity contribution in [1.29, 1.82) is 0 Å². The first-order chi connectivity index (χ1) is 6.09. The van der Waals surface area contributed by atoms with Gasteiger partial charge in [0.1, 0.15) is 5.82 Å². The van der Waals surface area contributed by atoms with Crippen molar-refractivity contribution in [2.24, 2.45) is 5.73 Å². The molecule has 1 rings (SSSR count). The van der Waals surface area contributed by atoms with Gasteiger partial charge in [-0.15, -0.1) is 0 Å². The molecule has 13 heavy (non-hydrogen) atoms. The quantitative estimate of drug-likeness (QED) is 0.733. The van der Waals surface area contributed by atoms with E-state index in [0.29, 0.717) is 5.69 Å². The summed E-state index contributed by atoms with van der Waals surface area (Å²) >= 11 is 0. The van der Waals surface area contributed by atoms with Crippen molar-refractivity contribution in [2.75, 3.05) is 11.9 Å². The largest absolute Gasteiger partial charge is 0.376 e. The number of hydrogen-bond donors (Lipinski definition) is 2. The van der Waals surface area contributed by atoms with E-state index in [0.717, 1.165) is 5.56 Å². The Hall–Kier alpha value is -1.58. The smallest absolute Gasteiger partial charge is 0.236 e. The highest BCUT2D eigenvalue weighted by Gasteiger charge is 2.00. The topological polar surface area (TPSA) is 55.1 Å². The lowest BCUT2D eigenvalue weighted by Gasteiger charge is -2.06. The molecule has 1 aromatic carbocycles. The molecule has 0 heterocycles. The SMILES string of the molecule is Cc1ccc(F)cc1NCC(N)=O. The summed E-state index contributed by atoms with van der Waals surface area (Å²) in [5.41, 5.74) is 6.41. The monoisotopic (exact) mass is 182 g/mol. The molecule has 0 bridgehead atoms. The third kappa shape index (κ3) is 2.74. The van der Waals surface area contributed by atoms with Gasteiger partial charge >= 0.3 is 0 Å². The van der Waals surface area contributed by atoms with Gasteiger partial charge in [-0.2, -0.15) is 0 Å². The number of halogens is 1. The van der Waals surface area contributed by atoms with Gasteiger partial charge in [0.15, 0.2) is 0 Å². The molecular weight excluding hydrogens is 171 g/mol. The minimum Gasteiger partial charge on any atom is -0.376 e. The van der Waals surface area contributed by atoms with E-state index in [9.17, 15) is 9.18 Å². The second kappa shape index (κ2) is 3.89. The van der Waals surface area contributed by atoms with Crippen LogP contribution in [0.3, 0.4) is 0 Å². The lowest BCUT2D eigenvalue weighted by molar-refractivity contribution is -0.116. The number of carbonyl (C=O) groups excluding carboxylic acids is 1. The Morgan fingerprint density at radius 1 is 1.62 bits per heavy atom. The van der Waals surface area contributed by atoms with Gasteiger partial charge in [0.25, 0.3) is 0 Å². The molecule has 0 aliphatic rings. The van der Waals surface area contributed by atoms with Crippen LogP contribution in [0.2, 0.25) is 0 Å². The van der Waals surface area contributed by atoms with Crippen LogP contribution >= 0.6 is 0 Å². The van der Waals surface area contributed by atoms with Crippen LogP contribution in [0.4, 0.5) is 10.1 Å². The van der Waals surface area contributed by atoms with Gasteiger partial charge in [0.05, 0.1) is 6.54 Å². The molecule has 1 aromatic rings. The van der Waals surface area contributed by atoms with Crippen LogP contribution < -0.4 is 11.1 Å². The lowest BCUT2D eigenvalue weighted by Crippen LogP contribution is -2.22. The van der Waals surface area contributed by atoms with Crippen molar-refractivity contribution < 1.29 is 9.18 Å². The van der Waals surface area contributed by atoms with E-state index in [1.54, 1.807) is 6.07 Å². The molecule has 70 valence electrons. The number of hydrogen-bond acceptors (Lipinski definition) is 2. The van der Waals surface area contributed by atoms with Crippen LogP contribution in [-0.4, -0.2) is 12.5 Å². The number of nitrogens with two attached hydrogens (primary N) is 1. The Morgan fingerprint density at radius 2 is 2.31 bits per heavy atom. The van der Waals surface area contributed by atoms with Crippen LogP contribution in [-0.2, 0) is 4.79 Å². The third-order valence-corrected chi connectivity index (χ3v) is 1.65. The summed E-state index contributed by atoms with van der Waals surface area (Å²) in [6.07, 6.45) is 0. The van der Waals surface area contributed by atoms with Crippen molar-refractivity contribution in [1.82, 2.24) is 0 Å². The van der Waals surface area contributed by atoms with Crippen LogP contribution in [0, 0.1) is 12.7 Å². The van der Waals surface area contributed by atoms with E-state index in [-0.39, 0.29) is 12.4 Å². The molecule has 3 N–H and O–H groups in total. The molecule has 0 aromatic heterocycles. The van der Waals surface area contributed by atoms with Crippen LogP contribution in [0.5, 0.6) is 0 Å². The molecule has 0 aliphatic carbocycles. The van der Waals surface area contributed by atoms with E-state index in [4.69, 9.17) is 5.73 Å². The molecule has 4 heteroatoms. The van der Waals surface area contributed by atoms with Crippen molar-refractivity contribution in [3.05, 3.63) is 29.6 Å². The predicted molar refractivity (Wildman–Crippen MR) is 48.8 cm³/mol. The first-order valence-electron chi connectivity index (χ1n) is 3.88. The van der Waals surface area contributed by atoms with Crippen LogP contribution in [0.15, 0.2) is 18.2 Å². The zero-order chi connectivity index (χ0) is 9.84. The highest BCUT2D eigenvalue weighted by Crippen LogP contribution is 2.15. The maximum atomic E-state index is 12.7. The molecule has 0 atom stereocenters. The zero-order valence-corrected chi connectivity index (χ0v) is 7.30. The summed E-state index contributed by atoms with van der Waals surface area (Å²) in [4.78, 5) is 10.4. The first kappa shape index (κ1) is 9.51. The Bertz CT molecular complexity index is 325. The van der Waals surface area contributed by atoms with Crippen LogP contribution in [0.1, 0.15) is 5.56 Å². The Labute approximate surface area is 75.7 Å². The summed E-state index contributed by atoms with van der Waals surface area (Å²) in [5.74, 6) is -0.804. The number of aryl methyl sites for hydroxylation is 1. The van der Waals surface area contributed by atoms with Crippen molar-refractivity contribution >= 4 is 11.6 Å². The molecule has 3 nitrogen and oxygen atoms in total. The van der Waals surface area contributed by atoms with Gasteiger partial charge < -0.3 is 11.1 Å². The highest BCUT2D eigenvalue weighted by molar-refractivity contribution is 5.79. The maximum Gasteiger partial charge on any atom is 0.236 e. The molecule has 1 amide bonds. The summed E-state index contributed by atoms with van der Waals surface area (Å²) in [5, 5.41) is 2.74. The number of rotatable bonds is 3. The standard InChI is InChI=1S/C9H11FN2O/c1-6-2-3-7(10)4-8(6)12-5-9(11)13/h2-4,12H,5H2,1H3,(H2,11,13). The summed E-state index contributed by atoms with van der Waals surface area (Å²) < 4.78 is 12.7. The van der Waals surface area contributed by atoms with Gasteiger partial charge in [-0.05, 0) is 24.6 Å². The molecular formula is C9H11FN2O. The number of amides is 1. The minimum atomic E-state index is -0.469. The van der Waals surface area contributed by atoms with E-state index in [1.807, 2.05) is 6.92 Å². The van der Waals surface area contributed by atoms with Crippen molar-refractivity contribution in [3.8, 4) is 0 Å². The summed E-state index contributed by atoms with van der Waals surface area (Å²) in [7, 11) is 0. The van der Waals surface area contributed by atoms with Gasteiger partial charge in [0.2, 0.25) is 5.91 Å². The lowest BCUT2D eigenvalue weighted by atomic mass is 10.2. The molecule has 0 spiro atoms. The average molecular weight is 182 g/mol. The van der Waals surface area contributed by atoms with E-state index in [1.165, 1.54) is 12.1 Å². The Morgan fingerprint density at radius 3 is 2.92 bits per heavy atom. The minimum absolute atomic E-state index is 0.0181. The maximum absolute atomic E-state index is 12.7. The zero-order valence-electron chi connectivity index (χ0n) is 7.30. The molecule has 0 saturated carbocycles. The number of carbonyl (C=O) groups is 1. The van der Waals surface area contributed by atoms with Crippen molar-refractivity contribution in [2.45, 2.75) is 6.92 Å². The fourth-order valence-electron chi connectivity index (χ4n) is 0.967. The normalized spacial score (nSPS) is 9.69. The van der Waals surface area contributed by atoms with E-state index < -0.39 is 5.91 Å². The predicted octanol–water partition coefficient (Wildman–Crippen LogP) is 1.03. The molecule has 0 aliphatic heterocycles. The second-order valence-corrected chi connectivity index (χ2v) is 2.78. The third-order valence-electron chi connectivity index (χ3n) is 1.65. The van der Waals surface area contributed by atoms with Gasteiger partial charge in [-0.25, -0.2) is 4.39 Å². The van der Waals surface area contributed by atoms with Crippen molar-refractivity contribution in [3.63, 3.8) is 0 Å². The number of nitrogens with one attached hydrogen (secondary N) is 1. The average Bonchev–Trinajstić information content (AvgIpc) is 2.06.